The summed E-state index contributed by atoms with van der Waals surface area (Å²) in [6, 6.07) is 0. The maximum Gasteiger partial charge on any atom is 0.306 e. The summed E-state index contributed by atoms with van der Waals surface area (Å²) in [6.45, 7) is 6.21. The van der Waals surface area contributed by atoms with Gasteiger partial charge in [0.2, 0.25) is 0 Å². The summed E-state index contributed by atoms with van der Waals surface area (Å²) in [4.78, 5) is 38.0. The molecule has 0 N–H and O–H groups in total. The molecule has 0 aliphatic carbocycles. The minimum Gasteiger partial charge on any atom is -0.462 e. The Labute approximate surface area is 403 Å². The van der Waals surface area contributed by atoms with Crippen molar-refractivity contribution in [2.45, 2.75) is 187 Å². The third-order valence-electron chi connectivity index (χ3n) is 10.1. The van der Waals surface area contributed by atoms with Crippen LogP contribution >= 0.6 is 0 Å². The third-order valence-corrected chi connectivity index (χ3v) is 10.1. The van der Waals surface area contributed by atoms with Gasteiger partial charge < -0.3 is 14.2 Å². The smallest absolute Gasteiger partial charge is 0.306 e. The van der Waals surface area contributed by atoms with Gasteiger partial charge in [0.05, 0.1) is 0 Å². The second kappa shape index (κ2) is 52.7. The third kappa shape index (κ3) is 50.0. The van der Waals surface area contributed by atoms with Crippen molar-refractivity contribution in [3.63, 3.8) is 0 Å². The number of carbonyl (C=O) groups excluding carboxylic acids is 3. The van der Waals surface area contributed by atoms with Crippen LogP contribution in [0.15, 0.2) is 158 Å². The van der Waals surface area contributed by atoms with E-state index < -0.39 is 6.10 Å². The lowest BCUT2D eigenvalue weighted by Gasteiger charge is -2.18. The highest BCUT2D eigenvalue weighted by Gasteiger charge is 2.19. The van der Waals surface area contributed by atoms with Crippen molar-refractivity contribution in [1.82, 2.24) is 0 Å². The van der Waals surface area contributed by atoms with E-state index in [0.29, 0.717) is 19.3 Å². The zero-order valence-electron chi connectivity index (χ0n) is 41.6. The van der Waals surface area contributed by atoms with Crippen LogP contribution in [0.2, 0.25) is 0 Å². The highest BCUT2D eigenvalue weighted by Crippen LogP contribution is 2.12. The Bertz CT molecular complexity index is 1560. The number of hydrogen-bond acceptors (Lipinski definition) is 6. The van der Waals surface area contributed by atoms with Crippen molar-refractivity contribution in [2.24, 2.45) is 0 Å². The molecule has 0 saturated carbocycles. The number of rotatable bonds is 43. The van der Waals surface area contributed by atoms with Gasteiger partial charge in [-0.05, 0) is 83.5 Å². The van der Waals surface area contributed by atoms with Crippen LogP contribution in [0.3, 0.4) is 0 Å². The predicted molar refractivity (Wildman–Crippen MR) is 283 cm³/mol. The fourth-order valence-electron chi connectivity index (χ4n) is 6.25. The number of esters is 3. The molecule has 0 fully saturated rings. The average molecular weight is 907 g/mol. The Balaban J connectivity index is 4.65. The number of carbonyl (C=O) groups is 3. The van der Waals surface area contributed by atoms with Crippen LogP contribution in [0, 0.1) is 0 Å². The maximum atomic E-state index is 12.8. The van der Waals surface area contributed by atoms with Crippen LogP contribution in [0.5, 0.6) is 0 Å². The lowest BCUT2D eigenvalue weighted by atomic mass is 10.1. The minimum atomic E-state index is -0.836. The van der Waals surface area contributed by atoms with Crippen LogP contribution < -0.4 is 0 Å². The van der Waals surface area contributed by atoms with Crippen molar-refractivity contribution in [3.8, 4) is 0 Å². The standard InChI is InChI=1S/C60H90O6/c1-4-7-10-13-16-19-22-25-28-30-33-35-38-41-44-47-50-53-59(62)65-56-57(55-64-58(61)52-49-46-43-40-37-34-31-27-24-21-18-15-12-9-6-3)66-60(63)54-51-48-45-42-39-36-32-29-26-23-20-17-14-11-8-5-2/h7,9-10,12-13,15-16,18-19,21-22,24-25,27-39,57H,4-6,8,11,14,17,20,23,26,40-56H2,1-3H3/b10-7-,12-9-,16-13-,18-15-,22-19-,24-21-,28-25-,31-27-,32-29-,33-30+,37-34-,38-35-,39-36-. The summed E-state index contributed by atoms with van der Waals surface area (Å²) in [5.41, 5.74) is 0. The van der Waals surface area contributed by atoms with Gasteiger partial charge in [-0.25, -0.2) is 0 Å². The van der Waals surface area contributed by atoms with Gasteiger partial charge >= 0.3 is 17.9 Å². The van der Waals surface area contributed by atoms with Crippen molar-refractivity contribution in [3.05, 3.63) is 158 Å². The molecule has 1 unspecified atom stereocenters. The van der Waals surface area contributed by atoms with E-state index in [-0.39, 0.29) is 50.4 Å². The Kier molecular flexibility index (Phi) is 48.7. The van der Waals surface area contributed by atoms with Crippen molar-refractivity contribution >= 4 is 17.9 Å². The Morgan fingerprint density at radius 3 is 0.939 bits per heavy atom. The SMILES string of the molecule is CC\C=C/C=C\C=C/C=C\C=C/CCCCCC(=O)OCC(COC(=O)CCCCC\C=C/C=C/C=C\C=C/C=C\C=C/CC)OC(=O)CCCCC/C=C\C=C/CCCCCCCCC. The molecule has 66 heavy (non-hydrogen) atoms. The van der Waals surface area contributed by atoms with Crippen LogP contribution in [-0.2, 0) is 28.6 Å². The molecule has 6 heteroatoms. The van der Waals surface area contributed by atoms with Crippen LogP contribution in [0.25, 0.3) is 0 Å². The van der Waals surface area contributed by atoms with E-state index in [2.05, 4.69) is 69.4 Å². The number of hydrogen-bond donors (Lipinski definition) is 0. The van der Waals surface area contributed by atoms with Gasteiger partial charge in [-0.2, -0.15) is 0 Å². The van der Waals surface area contributed by atoms with E-state index in [1.165, 1.54) is 44.9 Å². The van der Waals surface area contributed by atoms with E-state index in [1.54, 1.807) is 0 Å². The second-order valence-corrected chi connectivity index (χ2v) is 16.3. The Hall–Kier alpha value is -4.97. The molecule has 0 bridgehead atoms. The van der Waals surface area contributed by atoms with Gasteiger partial charge in [0.1, 0.15) is 13.2 Å². The maximum absolute atomic E-state index is 12.8. The minimum absolute atomic E-state index is 0.133. The predicted octanol–water partition coefficient (Wildman–Crippen LogP) is 17.0. The molecule has 0 aromatic rings. The number of ether oxygens (including phenoxy) is 3. The molecule has 366 valence electrons. The molecule has 0 aliphatic rings. The van der Waals surface area contributed by atoms with Crippen molar-refractivity contribution in [1.29, 1.82) is 0 Å². The first-order chi connectivity index (χ1) is 32.5. The highest BCUT2D eigenvalue weighted by molar-refractivity contribution is 5.71. The summed E-state index contributed by atoms with van der Waals surface area (Å²) in [5.74, 6) is -1.06. The lowest BCUT2D eigenvalue weighted by molar-refractivity contribution is -0.167. The summed E-state index contributed by atoms with van der Waals surface area (Å²) in [6.07, 6.45) is 76.5. The van der Waals surface area contributed by atoms with Crippen molar-refractivity contribution in [2.75, 3.05) is 13.2 Å². The first kappa shape index (κ1) is 61.0. The zero-order chi connectivity index (χ0) is 47.9. The van der Waals surface area contributed by atoms with E-state index in [9.17, 15) is 14.4 Å². The molecule has 0 aliphatic heterocycles. The fraction of sp³-hybridized carbons (Fsp3) is 0.517. The molecule has 0 rings (SSSR count). The summed E-state index contributed by atoms with van der Waals surface area (Å²) in [5, 5.41) is 0. The molecule has 0 radical (unpaired) electrons. The van der Waals surface area contributed by atoms with Gasteiger partial charge in [-0.3, -0.25) is 14.4 Å². The Morgan fingerprint density at radius 2 is 0.591 bits per heavy atom. The molecule has 0 amide bonds. The van der Waals surface area contributed by atoms with Crippen LogP contribution in [-0.4, -0.2) is 37.2 Å². The molecule has 0 heterocycles. The molecule has 0 aromatic heterocycles. The topological polar surface area (TPSA) is 78.9 Å². The lowest BCUT2D eigenvalue weighted by Crippen LogP contribution is -2.30. The molecule has 0 spiro atoms. The molecule has 0 aromatic carbocycles. The first-order valence-corrected chi connectivity index (χ1v) is 25.7. The highest BCUT2D eigenvalue weighted by atomic mass is 16.6. The second-order valence-electron chi connectivity index (χ2n) is 16.3. The van der Waals surface area contributed by atoms with Crippen LogP contribution in [0.1, 0.15) is 181 Å². The summed E-state index contributed by atoms with van der Waals surface area (Å²) < 4.78 is 16.7. The number of unbranched alkanes of at least 4 members (excludes halogenated alkanes) is 16. The van der Waals surface area contributed by atoms with Gasteiger partial charge in [-0.1, -0.05) is 237 Å². The first-order valence-electron chi connectivity index (χ1n) is 25.7. The number of allylic oxidation sites excluding steroid dienone is 26. The van der Waals surface area contributed by atoms with E-state index in [1.807, 2.05) is 109 Å². The van der Waals surface area contributed by atoms with Gasteiger partial charge in [0.25, 0.3) is 0 Å². The fourth-order valence-corrected chi connectivity index (χ4v) is 6.25. The van der Waals surface area contributed by atoms with E-state index in [4.69, 9.17) is 14.2 Å². The van der Waals surface area contributed by atoms with Crippen LogP contribution in [0.4, 0.5) is 0 Å². The summed E-state index contributed by atoms with van der Waals surface area (Å²) >= 11 is 0. The largest absolute Gasteiger partial charge is 0.462 e. The zero-order valence-corrected chi connectivity index (χ0v) is 41.6. The van der Waals surface area contributed by atoms with Crippen molar-refractivity contribution < 1.29 is 28.6 Å². The van der Waals surface area contributed by atoms with E-state index in [0.717, 1.165) is 77.0 Å². The monoisotopic (exact) mass is 907 g/mol. The molecule has 0 saturated heterocycles. The van der Waals surface area contributed by atoms with Gasteiger partial charge in [-0.15, -0.1) is 0 Å². The normalized spacial score (nSPS) is 13.4. The molecule has 1 atom stereocenters. The molecule has 6 nitrogen and oxygen atoms in total. The average Bonchev–Trinajstić information content (AvgIpc) is 3.31. The quantitative estimate of drug-likeness (QED) is 0.0262. The van der Waals surface area contributed by atoms with E-state index >= 15 is 0 Å². The molecular weight excluding hydrogens is 817 g/mol. The Morgan fingerprint density at radius 1 is 0.318 bits per heavy atom. The van der Waals surface area contributed by atoms with Gasteiger partial charge in [0, 0.05) is 19.3 Å². The summed E-state index contributed by atoms with van der Waals surface area (Å²) in [7, 11) is 0. The molecular formula is C60H90O6. The van der Waals surface area contributed by atoms with Gasteiger partial charge in [0.15, 0.2) is 6.10 Å².